The van der Waals surface area contributed by atoms with Gasteiger partial charge in [-0.1, -0.05) is 56.0 Å². The van der Waals surface area contributed by atoms with Gasteiger partial charge in [-0.15, -0.1) is 0 Å². The molecule has 1 aliphatic rings. The van der Waals surface area contributed by atoms with E-state index in [0.717, 1.165) is 30.2 Å². The lowest BCUT2D eigenvalue weighted by molar-refractivity contribution is -0.121. The van der Waals surface area contributed by atoms with Gasteiger partial charge in [-0.05, 0) is 18.8 Å². The zero-order valence-corrected chi connectivity index (χ0v) is 14.2. The summed E-state index contributed by atoms with van der Waals surface area (Å²) in [4.78, 5) is 16.2. The highest BCUT2D eigenvalue weighted by Gasteiger charge is 2.14. The maximum atomic E-state index is 11.9. The Labute approximate surface area is 143 Å². The van der Waals surface area contributed by atoms with Crippen molar-refractivity contribution in [2.24, 2.45) is 5.92 Å². The van der Waals surface area contributed by atoms with Gasteiger partial charge in [-0.25, -0.2) is 4.98 Å². The molecule has 128 valence electrons. The fourth-order valence-electron chi connectivity index (χ4n) is 3.39. The molecular formula is C20H26N2O2. The lowest BCUT2D eigenvalue weighted by atomic mass is 10.0. The van der Waals surface area contributed by atoms with Crippen molar-refractivity contribution in [1.82, 2.24) is 10.3 Å². The lowest BCUT2D eigenvalue weighted by Crippen LogP contribution is -2.25. The van der Waals surface area contributed by atoms with Crippen LogP contribution in [0.15, 0.2) is 40.9 Å². The normalized spacial score (nSPS) is 14.8. The van der Waals surface area contributed by atoms with E-state index in [4.69, 9.17) is 4.42 Å². The van der Waals surface area contributed by atoms with E-state index in [1.165, 1.54) is 32.1 Å². The average Bonchev–Trinajstić information content (AvgIpc) is 3.29. The Morgan fingerprint density at radius 3 is 2.79 bits per heavy atom. The summed E-state index contributed by atoms with van der Waals surface area (Å²) in [5, 5.41) is 3.01. The molecule has 4 heteroatoms. The predicted molar refractivity (Wildman–Crippen MR) is 94.5 cm³/mol. The summed E-state index contributed by atoms with van der Waals surface area (Å²) in [6, 6.07) is 9.88. The maximum Gasteiger partial charge on any atom is 0.220 e. The fourth-order valence-corrected chi connectivity index (χ4v) is 3.39. The van der Waals surface area contributed by atoms with E-state index in [1.54, 1.807) is 6.20 Å². The number of carbonyl (C=O) groups is 1. The molecule has 1 heterocycles. The van der Waals surface area contributed by atoms with Crippen LogP contribution in [0.2, 0.25) is 0 Å². The predicted octanol–water partition coefficient (Wildman–Crippen LogP) is 4.36. The minimum absolute atomic E-state index is 0.0842. The molecule has 0 aliphatic heterocycles. The van der Waals surface area contributed by atoms with E-state index in [2.05, 4.69) is 10.3 Å². The second-order valence-corrected chi connectivity index (χ2v) is 6.63. The van der Waals surface area contributed by atoms with Crippen LogP contribution in [0.3, 0.4) is 0 Å². The van der Waals surface area contributed by atoms with Crippen molar-refractivity contribution in [2.45, 2.75) is 51.4 Å². The van der Waals surface area contributed by atoms with Crippen LogP contribution in [-0.4, -0.2) is 17.4 Å². The highest BCUT2D eigenvalue weighted by molar-refractivity contribution is 5.75. The Balaban J connectivity index is 1.35. The van der Waals surface area contributed by atoms with Gasteiger partial charge in [-0.3, -0.25) is 4.79 Å². The van der Waals surface area contributed by atoms with E-state index >= 15 is 0 Å². The highest BCUT2D eigenvalue weighted by Crippen LogP contribution is 2.28. The van der Waals surface area contributed by atoms with Crippen LogP contribution in [0.5, 0.6) is 0 Å². The summed E-state index contributed by atoms with van der Waals surface area (Å²) < 4.78 is 5.72. The van der Waals surface area contributed by atoms with Crippen LogP contribution in [0.25, 0.3) is 11.3 Å². The molecule has 1 aromatic carbocycles. The Hall–Kier alpha value is -2.10. The van der Waals surface area contributed by atoms with E-state index in [-0.39, 0.29) is 5.91 Å². The Morgan fingerprint density at radius 2 is 2.00 bits per heavy atom. The van der Waals surface area contributed by atoms with Crippen molar-refractivity contribution in [2.75, 3.05) is 6.54 Å². The summed E-state index contributed by atoms with van der Waals surface area (Å²) in [5.74, 6) is 2.35. The van der Waals surface area contributed by atoms with E-state index < -0.39 is 0 Å². The van der Waals surface area contributed by atoms with Gasteiger partial charge in [0.1, 0.15) is 0 Å². The van der Waals surface area contributed by atoms with Gasteiger partial charge in [0.25, 0.3) is 0 Å². The number of nitrogens with zero attached hydrogens (tertiary/aromatic N) is 1. The molecule has 1 aliphatic carbocycles. The molecule has 0 spiro atoms. The van der Waals surface area contributed by atoms with Crippen molar-refractivity contribution in [1.29, 1.82) is 0 Å². The van der Waals surface area contributed by atoms with Crippen LogP contribution in [-0.2, 0) is 11.2 Å². The summed E-state index contributed by atoms with van der Waals surface area (Å²) in [6.45, 7) is 0.788. The third-order valence-electron chi connectivity index (χ3n) is 4.76. The molecular weight excluding hydrogens is 300 g/mol. The first kappa shape index (κ1) is 16.7. The lowest BCUT2D eigenvalue weighted by Gasteiger charge is -2.09. The topological polar surface area (TPSA) is 55.1 Å². The number of aryl methyl sites for hydroxylation is 1. The highest BCUT2D eigenvalue weighted by atomic mass is 16.4. The first-order valence-corrected chi connectivity index (χ1v) is 9.08. The molecule has 1 saturated carbocycles. The zero-order valence-electron chi connectivity index (χ0n) is 14.2. The molecule has 4 nitrogen and oxygen atoms in total. The molecule has 0 radical (unpaired) electrons. The summed E-state index contributed by atoms with van der Waals surface area (Å²) >= 11 is 0. The molecule has 0 saturated heterocycles. The van der Waals surface area contributed by atoms with E-state index in [0.29, 0.717) is 18.7 Å². The molecule has 1 aromatic heterocycles. The van der Waals surface area contributed by atoms with Gasteiger partial charge in [-0.2, -0.15) is 0 Å². The van der Waals surface area contributed by atoms with E-state index in [9.17, 15) is 4.79 Å². The Bertz CT molecular complexity index is 630. The summed E-state index contributed by atoms with van der Waals surface area (Å²) in [5.41, 5.74) is 1.01. The van der Waals surface area contributed by atoms with Gasteiger partial charge < -0.3 is 9.73 Å². The molecule has 24 heavy (non-hydrogen) atoms. The number of rotatable bonds is 8. The minimum atomic E-state index is 0.0842. The quantitative estimate of drug-likeness (QED) is 0.733. The molecule has 3 rings (SSSR count). The van der Waals surface area contributed by atoms with Crippen LogP contribution in [0.4, 0.5) is 0 Å². The van der Waals surface area contributed by atoms with Gasteiger partial charge in [0, 0.05) is 24.9 Å². The van der Waals surface area contributed by atoms with Gasteiger partial charge in [0.05, 0.1) is 6.20 Å². The zero-order chi connectivity index (χ0) is 16.6. The smallest absolute Gasteiger partial charge is 0.220 e. The standard InChI is InChI=1S/C20H26N2O2/c23-19(21-14-6-9-16-7-4-5-8-16)12-13-20-22-15-18(24-20)17-10-2-1-3-11-17/h1-3,10-11,15-16H,4-9,12-14H2,(H,21,23). The number of amides is 1. The summed E-state index contributed by atoms with van der Waals surface area (Å²) in [7, 11) is 0. The largest absolute Gasteiger partial charge is 0.441 e. The number of carbonyl (C=O) groups excluding carboxylic acids is 1. The van der Waals surface area contributed by atoms with Crippen LogP contribution in [0.1, 0.15) is 50.8 Å². The molecule has 0 bridgehead atoms. The van der Waals surface area contributed by atoms with E-state index in [1.807, 2.05) is 30.3 Å². The molecule has 0 atom stereocenters. The first-order valence-electron chi connectivity index (χ1n) is 9.08. The van der Waals surface area contributed by atoms with Crippen molar-refractivity contribution >= 4 is 5.91 Å². The molecule has 1 N–H and O–H groups in total. The number of oxazole rings is 1. The van der Waals surface area contributed by atoms with Gasteiger partial charge in [0.15, 0.2) is 11.7 Å². The molecule has 2 aromatic rings. The number of hydrogen-bond acceptors (Lipinski definition) is 3. The molecule has 1 amide bonds. The summed E-state index contributed by atoms with van der Waals surface area (Å²) in [6.07, 6.45) is 10.6. The second kappa shape index (κ2) is 8.67. The number of hydrogen-bond donors (Lipinski definition) is 1. The number of nitrogens with one attached hydrogen (secondary N) is 1. The van der Waals surface area contributed by atoms with Crippen molar-refractivity contribution < 1.29 is 9.21 Å². The maximum absolute atomic E-state index is 11.9. The van der Waals surface area contributed by atoms with Gasteiger partial charge >= 0.3 is 0 Å². The van der Waals surface area contributed by atoms with Crippen molar-refractivity contribution in [3.8, 4) is 11.3 Å². The van der Waals surface area contributed by atoms with Crippen LogP contribution < -0.4 is 5.32 Å². The fraction of sp³-hybridized carbons (Fsp3) is 0.500. The SMILES string of the molecule is O=C(CCc1ncc(-c2ccccc2)o1)NCCCC1CCCC1. The van der Waals surface area contributed by atoms with Gasteiger partial charge in [0.2, 0.25) is 5.91 Å². The third-order valence-corrected chi connectivity index (χ3v) is 4.76. The molecule has 0 unspecified atom stereocenters. The minimum Gasteiger partial charge on any atom is -0.441 e. The number of aromatic nitrogens is 1. The number of benzene rings is 1. The van der Waals surface area contributed by atoms with Crippen molar-refractivity contribution in [3.05, 3.63) is 42.4 Å². The first-order chi connectivity index (χ1) is 11.8. The Morgan fingerprint density at radius 1 is 1.21 bits per heavy atom. The van der Waals surface area contributed by atoms with Crippen molar-refractivity contribution in [3.63, 3.8) is 0 Å². The molecule has 1 fully saturated rings. The monoisotopic (exact) mass is 326 g/mol. The van der Waals surface area contributed by atoms with Crippen LogP contribution >= 0.6 is 0 Å². The van der Waals surface area contributed by atoms with Crippen LogP contribution in [0, 0.1) is 5.92 Å². The Kier molecular flexibility index (Phi) is 6.05. The third kappa shape index (κ3) is 4.95. The average molecular weight is 326 g/mol. The second-order valence-electron chi connectivity index (χ2n) is 6.63.